The number of fused-ring (bicyclic) bond motifs is 1. The van der Waals surface area contributed by atoms with Crippen molar-refractivity contribution in [2.75, 3.05) is 12.4 Å². The van der Waals surface area contributed by atoms with Gasteiger partial charge in [-0.25, -0.2) is 4.79 Å². The number of hydrogen-bond acceptors (Lipinski definition) is 5. The zero-order valence-electron chi connectivity index (χ0n) is 13.2. The summed E-state index contributed by atoms with van der Waals surface area (Å²) in [5.41, 5.74) is 0.616. The van der Waals surface area contributed by atoms with E-state index in [0.717, 1.165) is 14.6 Å². The van der Waals surface area contributed by atoms with Crippen molar-refractivity contribution in [1.82, 2.24) is 9.78 Å². The van der Waals surface area contributed by atoms with Crippen LogP contribution in [0.5, 0.6) is 0 Å². The molecule has 0 aliphatic carbocycles. The van der Waals surface area contributed by atoms with Gasteiger partial charge in [-0.2, -0.15) is 5.10 Å². The van der Waals surface area contributed by atoms with Crippen molar-refractivity contribution in [3.63, 3.8) is 0 Å². The average Bonchev–Trinajstić information content (AvgIpc) is 3.17. The molecule has 0 aliphatic heterocycles. The van der Waals surface area contributed by atoms with Gasteiger partial charge in [-0.3, -0.25) is 9.48 Å². The molecule has 1 unspecified atom stereocenters. The van der Waals surface area contributed by atoms with E-state index in [1.54, 1.807) is 42.2 Å². The molecule has 0 bridgehead atoms. The van der Waals surface area contributed by atoms with Gasteiger partial charge in [0, 0.05) is 22.0 Å². The molecule has 0 saturated carbocycles. The van der Waals surface area contributed by atoms with Gasteiger partial charge in [0.1, 0.15) is 10.9 Å². The van der Waals surface area contributed by atoms with Gasteiger partial charge in [-0.1, -0.05) is 11.6 Å². The molecule has 25 heavy (non-hydrogen) atoms. The summed E-state index contributed by atoms with van der Waals surface area (Å²) >= 11 is 10.8. The SMILES string of the molecule is COC(=O)c1sc2cc(NC(=O)C(C)n3cc(Br)cn3)ccc2c1Cl. The lowest BCUT2D eigenvalue weighted by Crippen LogP contribution is -2.23. The minimum Gasteiger partial charge on any atom is -0.465 e. The van der Waals surface area contributed by atoms with E-state index in [-0.39, 0.29) is 5.91 Å². The number of nitrogens with one attached hydrogen (secondary N) is 1. The highest BCUT2D eigenvalue weighted by molar-refractivity contribution is 9.10. The van der Waals surface area contributed by atoms with Gasteiger partial charge < -0.3 is 10.1 Å². The van der Waals surface area contributed by atoms with Crippen molar-refractivity contribution in [3.05, 3.63) is 45.0 Å². The van der Waals surface area contributed by atoms with Crippen LogP contribution in [0.15, 0.2) is 35.1 Å². The van der Waals surface area contributed by atoms with Crippen LogP contribution in [0.2, 0.25) is 5.02 Å². The van der Waals surface area contributed by atoms with Crippen molar-refractivity contribution >= 4 is 66.5 Å². The van der Waals surface area contributed by atoms with Gasteiger partial charge >= 0.3 is 5.97 Å². The molecule has 130 valence electrons. The van der Waals surface area contributed by atoms with Crippen molar-refractivity contribution in [2.45, 2.75) is 13.0 Å². The smallest absolute Gasteiger partial charge is 0.349 e. The quantitative estimate of drug-likeness (QED) is 0.604. The Morgan fingerprint density at radius 2 is 2.20 bits per heavy atom. The molecule has 0 spiro atoms. The van der Waals surface area contributed by atoms with Crippen molar-refractivity contribution in [2.24, 2.45) is 0 Å². The topological polar surface area (TPSA) is 73.2 Å². The summed E-state index contributed by atoms with van der Waals surface area (Å²) in [6, 6.07) is 4.82. The Morgan fingerprint density at radius 3 is 2.84 bits per heavy atom. The lowest BCUT2D eigenvalue weighted by atomic mass is 10.2. The highest BCUT2D eigenvalue weighted by Crippen LogP contribution is 2.37. The fourth-order valence-corrected chi connectivity index (χ4v) is 4.03. The van der Waals surface area contributed by atoms with E-state index in [0.29, 0.717) is 15.6 Å². The molecule has 0 saturated heterocycles. The Bertz CT molecular complexity index is 969. The molecule has 3 aromatic rings. The summed E-state index contributed by atoms with van der Waals surface area (Å²) in [6.45, 7) is 1.75. The van der Waals surface area contributed by atoms with Crippen LogP contribution in [0.4, 0.5) is 5.69 Å². The van der Waals surface area contributed by atoms with Crippen molar-refractivity contribution in [3.8, 4) is 0 Å². The number of halogens is 2. The molecule has 0 fully saturated rings. The van der Waals surface area contributed by atoms with Crippen molar-refractivity contribution < 1.29 is 14.3 Å². The number of anilines is 1. The number of carbonyl (C=O) groups is 2. The zero-order valence-corrected chi connectivity index (χ0v) is 16.4. The lowest BCUT2D eigenvalue weighted by Gasteiger charge is -2.12. The second-order valence-electron chi connectivity index (χ2n) is 5.25. The van der Waals surface area contributed by atoms with E-state index in [9.17, 15) is 9.59 Å². The van der Waals surface area contributed by atoms with Gasteiger partial charge in [0.15, 0.2) is 0 Å². The standard InChI is InChI=1S/C16H13BrClN3O3S/c1-8(21-7-9(17)6-19-21)15(22)20-10-3-4-11-12(5-10)25-14(13(11)18)16(23)24-2/h3-8H,1-2H3,(H,20,22). The average molecular weight is 443 g/mol. The Kier molecular flexibility index (Phi) is 5.12. The van der Waals surface area contributed by atoms with Gasteiger partial charge in [-0.05, 0) is 41.1 Å². The third kappa shape index (κ3) is 3.56. The molecule has 1 atom stereocenters. The van der Waals surface area contributed by atoms with Crippen LogP contribution in [0.1, 0.15) is 22.6 Å². The first-order valence-corrected chi connectivity index (χ1v) is 9.20. The highest BCUT2D eigenvalue weighted by Gasteiger charge is 2.19. The molecular formula is C16H13BrClN3O3S. The number of nitrogens with zero attached hydrogens (tertiary/aromatic N) is 2. The van der Waals surface area contributed by atoms with E-state index < -0.39 is 12.0 Å². The van der Waals surface area contributed by atoms with E-state index in [1.165, 1.54) is 18.4 Å². The molecule has 2 heterocycles. The number of esters is 1. The minimum absolute atomic E-state index is 0.203. The normalized spacial score (nSPS) is 12.2. The van der Waals surface area contributed by atoms with E-state index in [4.69, 9.17) is 16.3 Å². The Morgan fingerprint density at radius 1 is 1.44 bits per heavy atom. The van der Waals surface area contributed by atoms with Crippen LogP contribution in [0.25, 0.3) is 10.1 Å². The van der Waals surface area contributed by atoms with Crippen LogP contribution >= 0.6 is 38.9 Å². The number of benzene rings is 1. The number of rotatable bonds is 4. The fourth-order valence-electron chi connectivity index (χ4n) is 2.26. The third-order valence-electron chi connectivity index (χ3n) is 3.61. The molecule has 6 nitrogen and oxygen atoms in total. The molecule has 3 rings (SSSR count). The van der Waals surface area contributed by atoms with E-state index in [2.05, 4.69) is 26.3 Å². The number of ether oxygens (including phenoxy) is 1. The predicted octanol–water partition coefficient (Wildman–Crippen LogP) is 4.50. The summed E-state index contributed by atoms with van der Waals surface area (Å²) in [6.07, 6.45) is 3.35. The number of hydrogen-bond donors (Lipinski definition) is 1. The maximum atomic E-state index is 12.4. The summed E-state index contributed by atoms with van der Waals surface area (Å²) in [4.78, 5) is 24.5. The summed E-state index contributed by atoms with van der Waals surface area (Å²) in [5.74, 6) is -0.680. The maximum absolute atomic E-state index is 12.4. The summed E-state index contributed by atoms with van der Waals surface area (Å²) in [5, 5.41) is 8.07. The minimum atomic E-state index is -0.477. The number of methoxy groups -OCH3 is 1. The molecule has 0 aliphatic rings. The van der Waals surface area contributed by atoms with Crippen LogP contribution in [0, 0.1) is 0 Å². The lowest BCUT2D eigenvalue weighted by molar-refractivity contribution is -0.119. The summed E-state index contributed by atoms with van der Waals surface area (Å²) < 4.78 is 7.88. The first-order chi connectivity index (χ1) is 11.9. The van der Waals surface area contributed by atoms with Gasteiger partial charge in [0.05, 0.1) is 22.8 Å². The third-order valence-corrected chi connectivity index (χ3v) is 5.66. The first-order valence-electron chi connectivity index (χ1n) is 7.21. The van der Waals surface area contributed by atoms with Crippen molar-refractivity contribution in [1.29, 1.82) is 0 Å². The van der Waals surface area contributed by atoms with Crippen LogP contribution in [-0.2, 0) is 9.53 Å². The second-order valence-corrected chi connectivity index (χ2v) is 7.60. The Balaban J connectivity index is 1.84. The molecule has 0 radical (unpaired) electrons. The number of carbonyl (C=O) groups excluding carboxylic acids is 2. The monoisotopic (exact) mass is 441 g/mol. The number of amides is 1. The highest BCUT2D eigenvalue weighted by atomic mass is 79.9. The van der Waals surface area contributed by atoms with Crippen LogP contribution < -0.4 is 5.32 Å². The molecule has 2 aromatic heterocycles. The van der Waals surface area contributed by atoms with E-state index in [1.807, 2.05) is 0 Å². The molecule has 1 aromatic carbocycles. The molecule has 1 amide bonds. The van der Waals surface area contributed by atoms with Crippen LogP contribution in [0.3, 0.4) is 0 Å². The van der Waals surface area contributed by atoms with Gasteiger partial charge in [0.2, 0.25) is 5.91 Å². The Labute approximate surface area is 160 Å². The zero-order chi connectivity index (χ0) is 18.1. The Hall–Kier alpha value is -1.90. The number of thiophene rings is 1. The largest absolute Gasteiger partial charge is 0.465 e. The van der Waals surface area contributed by atoms with Crippen LogP contribution in [-0.4, -0.2) is 28.8 Å². The fraction of sp³-hybridized carbons (Fsp3) is 0.188. The maximum Gasteiger partial charge on any atom is 0.349 e. The summed E-state index contributed by atoms with van der Waals surface area (Å²) in [7, 11) is 1.31. The van der Waals surface area contributed by atoms with Gasteiger partial charge in [-0.15, -0.1) is 11.3 Å². The van der Waals surface area contributed by atoms with Gasteiger partial charge in [0.25, 0.3) is 0 Å². The van der Waals surface area contributed by atoms with E-state index >= 15 is 0 Å². The molecule has 1 N–H and O–H groups in total. The predicted molar refractivity (Wildman–Crippen MR) is 101 cm³/mol. The first kappa shape index (κ1) is 17.9. The molecular weight excluding hydrogens is 430 g/mol. The number of aromatic nitrogens is 2. The molecule has 9 heteroatoms. The second kappa shape index (κ2) is 7.15.